The molecule has 0 unspecified atom stereocenters. The molecule has 0 saturated heterocycles. The Kier molecular flexibility index (Phi) is 4.34. The largest absolute Gasteiger partial charge is 0.495 e. The van der Waals surface area contributed by atoms with Gasteiger partial charge in [-0.3, -0.25) is 0 Å². The fraction of sp³-hybridized carbons (Fsp3) is 0.250. The predicted octanol–water partition coefficient (Wildman–Crippen LogP) is 2.92. The minimum absolute atomic E-state index is 0.177. The molecule has 0 amide bonds. The summed E-state index contributed by atoms with van der Waals surface area (Å²) in [5.74, 6) is 0.375. The maximum atomic E-state index is 12.4. The molecule has 2 aromatic rings. The molecule has 0 aliphatic heterocycles. The van der Waals surface area contributed by atoms with Gasteiger partial charge in [0.2, 0.25) is 10.0 Å². The smallest absolute Gasteiger partial charge is 0.246 e. The Balaban J connectivity index is 2.75. The van der Waals surface area contributed by atoms with Crippen LogP contribution in [-0.4, -0.2) is 33.9 Å². The summed E-state index contributed by atoms with van der Waals surface area (Å²) in [5.41, 5.74) is 2.80. The monoisotopic (exact) mass is 305 g/mol. The van der Waals surface area contributed by atoms with E-state index in [1.165, 1.54) is 25.5 Å². The average Bonchev–Trinajstić information content (AvgIpc) is 2.46. The molecular weight excluding hydrogens is 286 g/mol. The van der Waals surface area contributed by atoms with Crippen LogP contribution in [0.25, 0.3) is 11.1 Å². The van der Waals surface area contributed by atoms with Crippen molar-refractivity contribution in [2.75, 3.05) is 21.2 Å². The van der Waals surface area contributed by atoms with Crippen LogP contribution in [-0.2, 0) is 10.0 Å². The van der Waals surface area contributed by atoms with E-state index in [1.807, 2.05) is 37.3 Å². The van der Waals surface area contributed by atoms with Gasteiger partial charge in [-0.15, -0.1) is 0 Å². The number of hydrogen-bond acceptors (Lipinski definition) is 3. The number of sulfonamides is 1. The lowest BCUT2D eigenvalue weighted by atomic mass is 10.00. The highest BCUT2D eigenvalue weighted by Crippen LogP contribution is 2.37. The van der Waals surface area contributed by atoms with E-state index in [9.17, 15) is 8.42 Å². The van der Waals surface area contributed by atoms with Gasteiger partial charge < -0.3 is 4.74 Å². The lowest BCUT2D eigenvalue weighted by Crippen LogP contribution is -2.22. The average molecular weight is 305 g/mol. The molecule has 21 heavy (non-hydrogen) atoms. The number of para-hydroxylation sites is 1. The summed E-state index contributed by atoms with van der Waals surface area (Å²) in [5, 5.41) is 0. The number of aryl methyl sites for hydroxylation is 1. The standard InChI is InChI=1S/C16H19NO3S/c1-12-8-5-6-9-13(12)14-10-7-11-15(16(14)20-4)21(18,19)17(2)3/h5-11H,1-4H3. The maximum Gasteiger partial charge on any atom is 0.246 e. The lowest BCUT2D eigenvalue weighted by molar-refractivity contribution is 0.402. The van der Waals surface area contributed by atoms with E-state index < -0.39 is 10.0 Å². The van der Waals surface area contributed by atoms with Crippen LogP contribution in [0.4, 0.5) is 0 Å². The van der Waals surface area contributed by atoms with Crippen LogP contribution in [0.1, 0.15) is 5.56 Å². The van der Waals surface area contributed by atoms with E-state index in [0.717, 1.165) is 16.7 Å². The van der Waals surface area contributed by atoms with Crippen molar-refractivity contribution in [1.29, 1.82) is 0 Å². The van der Waals surface area contributed by atoms with Gasteiger partial charge >= 0.3 is 0 Å². The van der Waals surface area contributed by atoms with Crippen LogP contribution in [0.15, 0.2) is 47.4 Å². The molecule has 0 heterocycles. The molecule has 112 valence electrons. The first-order valence-corrected chi connectivity index (χ1v) is 7.99. The minimum atomic E-state index is -3.55. The number of methoxy groups -OCH3 is 1. The molecule has 0 aliphatic rings. The fourth-order valence-electron chi connectivity index (χ4n) is 2.21. The molecule has 0 spiro atoms. The molecule has 0 atom stereocenters. The Morgan fingerprint density at radius 2 is 1.57 bits per heavy atom. The highest BCUT2D eigenvalue weighted by molar-refractivity contribution is 7.89. The Hall–Kier alpha value is -1.85. The summed E-state index contributed by atoms with van der Waals surface area (Å²) in [4.78, 5) is 0.177. The summed E-state index contributed by atoms with van der Waals surface area (Å²) in [6.07, 6.45) is 0. The molecule has 0 N–H and O–H groups in total. The van der Waals surface area contributed by atoms with Crippen LogP contribution in [0, 0.1) is 6.92 Å². The van der Waals surface area contributed by atoms with Crippen molar-refractivity contribution in [3.05, 3.63) is 48.0 Å². The zero-order valence-corrected chi connectivity index (χ0v) is 13.4. The van der Waals surface area contributed by atoms with Crippen molar-refractivity contribution >= 4 is 10.0 Å². The zero-order chi connectivity index (χ0) is 15.6. The van der Waals surface area contributed by atoms with Crippen LogP contribution < -0.4 is 4.74 Å². The quantitative estimate of drug-likeness (QED) is 0.872. The number of ether oxygens (including phenoxy) is 1. The molecule has 0 fully saturated rings. The molecule has 0 saturated carbocycles. The third kappa shape index (κ3) is 2.80. The third-order valence-electron chi connectivity index (χ3n) is 3.38. The van der Waals surface area contributed by atoms with Crippen molar-refractivity contribution in [2.24, 2.45) is 0 Å². The van der Waals surface area contributed by atoms with Gasteiger partial charge in [-0.05, 0) is 24.1 Å². The summed E-state index contributed by atoms with van der Waals surface area (Å²) in [6, 6.07) is 13.0. The lowest BCUT2D eigenvalue weighted by Gasteiger charge is -2.18. The third-order valence-corrected chi connectivity index (χ3v) is 5.22. The zero-order valence-electron chi connectivity index (χ0n) is 12.6. The molecule has 4 nitrogen and oxygen atoms in total. The normalized spacial score (nSPS) is 11.7. The molecule has 0 bridgehead atoms. The van der Waals surface area contributed by atoms with Crippen molar-refractivity contribution in [3.8, 4) is 16.9 Å². The van der Waals surface area contributed by atoms with E-state index in [4.69, 9.17) is 4.74 Å². The van der Waals surface area contributed by atoms with E-state index in [0.29, 0.717) is 5.75 Å². The second kappa shape index (κ2) is 5.87. The van der Waals surface area contributed by atoms with E-state index in [1.54, 1.807) is 12.1 Å². The van der Waals surface area contributed by atoms with Gasteiger partial charge in [0.05, 0.1) is 7.11 Å². The fourth-order valence-corrected chi connectivity index (χ4v) is 3.28. The van der Waals surface area contributed by atoms with Gasteiger partial charge in [0, 0.05) is 19.7 Å². The molecule has 0 radical (unpaired) electrons. The first kappa shape index (κ1) is 15.5. The van der Waals surface area contributed by atoms with Gasteiger partial charge in [0.1, 0.15) is 10.6 Å². The highest BCUT2D eigenvalue weighted by atomic mass is 32.2. The SMILES string of the molecule is COc1c(-c2ccccc2C)cccc1S(=O)(=O)N(C)C. The number of nitrogens with zero attached hydrogens (tertiary/aromatic N) is 1. The first-order chi connectivity index (χ1) is 9.89. The second-order valence-electron chi connectivity index (χ2n) is 4.94. The van der Waals surface area contributed by atoms with Gasteiger partial charge in [-0.2, -0.15) is 0 Å². The maximum absolute atomic E-state index is 12.4. The van der Waals surface area contributed by atoms with Crippen LogP contribution >= 0.6 is 0 Å². The molecule has 0 aromatic heterocycles. The van der Waals surface area contributed by atoms with E-state index >= 15 is 0 Å². The van der Waals surface area contributed by atoms with Crippen molar-refractivity contribution in [2.45, 2.75) is 11.8 Å². The molecule has 5 heteroatoms. The molecule has 2 rings (SSSR count). The molecular formula is C16H19NO3S. The molecule has 0 aliphatic carbocycles. The summed E-state index contributed by atoms with van der Waals surface area (Å²) < 4.78 is 31.5. The topological polar surface area (TPSA) is 46.6 Å². The van der Waals surface area contributed by atoms with Crippen LogP contribution in [0.5, 0.6) is 5.75 Å². The summed E-state index contributed by atoms with van der Waals surface area (Å²) >= 11 is 0. The Labute approximate surface area is 126 Å². The second-order valence-corrected chi connectivity index (χ2v) is 7.06. The van der Waals surface area contributed by atoms with Crippen LogP contribution in [0.3, 0.4) is 0 Å². The Morgan fingerprint density at radius 1 is 0.952 bits per heavy atom. The van der Waals surface area contributed by atoms with Crippen molar-refractivity contribution in [3.63, 3.8) is 0 Å². The van der Waals surface area contributed by atoms with Crippen molar-refractivity contribution in [1.82, 2.24) is 4.31 Å². The molecule has 2 aromatic carbocycles. The van der Waals surface area contributed by atoms with Gasteiger partial charge in [-0.25, -0.2) is 12.7 Å². The van der Waals surface area contributed by atoms with Gasteiger partial charge in [0.15, 0.2) is 0 Å². The Morgan fingerprint density at radius 3 is 2.14 bits per heavy atom. The number of rotatable bonds is 4. The van der Waals surface area contributed by atoms with Gasteiger partial charge in [0.25, 0.3) is 0 Å². The highest BCUT2D eigenvalue weighted by Gasteiger charge is 2.24. The number of hydrogen-bond donors (Lipinski definition) is 0. The number of benzene rings is 2. The van der Waals surface area contributed by atoms with Crippen molar-refractivity contribution < 1.29 is 13.2 Å². The summed E-state index contributed by atoms with van der Waals surface area (Å²) in [6.45, 7) is 1.99. The van der Waals surface area contributed by atoms with Crippen LogP contribution in [0.2, 0.25) is 0 Å². The van der Waals surface area contributed by atoms with Gasteiger partial charge in [-0.1, -0.05) is 36.4 Å². The Bertz CT molecular complexity index is 752. The first-order valence-electron chi connectivity index (χ1n) is 6.55. The predicted molar refractivity (Wildman–Crippen MR) is 84.0 cm³/mol. The van der Waals surface area contributed by atoms with E-state index in [2.05, 4.69) is 0 Å². The summed E-state index contributed by atoms with van der Waals surface area (Å²) in [7, 11) is 0.955. The van der Waals surface area contributed by atoms with E-state index in [-0.39, 0.29) is 4.90 Å². The minimum Gasteiger partial charge on any atom is -0.495 e.